The van der Waals surface area contributed by atoms with Crippen molar-refractivity contribution in [3.63, 3.8) is 0 Å². The molecule has 2 atom stereocenters. The number of benzene rings is 2. The Kier molecular flexibility index (Phi) is 5.81. The van der Waals surface area contributed by atoms with Gasteiger partial charge in [0.15, 0.2) is 9.84 Å². The summed E-state index contributed by atoms with van der Waals surface area (Å²) in [4.78, 5) is 15.2. The summed E-state index contributed by atoms with van der Waals surface area (Å²) in [5.41, 5.74) is 2.76. The third-order valence-corrected chi connectivity index (χ3v) is 8.26. The minimum Gasteiger partial charge on any atom is -0.507 e. The molecule has 0 spiro atoms. The summed E-state index contributed by atoms with van der Waals surface area (Å²) in [7, 11) is -3.21. The number of sulfone groups is 1. The van der Waals surface area contributed by atoms with Gasteiger partial charge in [-0.15, -0.1) is 0 Å². The summed E-state index contributed by atoms with van der Waals surface area (Å²) in [6.07, 6.45) is 2.34. The zero-order valence-electron chi connectivity index (χ0n) is 18.9. The molecule has 2 aromatic carbocycles. The Labute approximate surface area is 198 Å². The number of aromatic hydroxyl groups is 1. The number of phenols is 1. The van der Waals surface area contributed by atoms with Crippen molar-refractivity contribution in [3.05, 3.63) is 65.4 Å². The molecule has 8 nitrogen and oxygen atoms in total. The first kappa shape index (κ1) is 22.5. The number of nitrogens with zero attached hydrogens (tertiary/aromatic N) is 2. The molecule has 0 bridgehead atoms. The fourth-order valence-corrected chi connectivity index (χ4v) is 6.56. The summed E-state index contributed by atoms with van der Waals surface area (Å²) in [6.45, 7) is 2.69. The number of rotatable bonds is 7. The summed E-state index contributed by atoms with van der Waals surface area (Å²) < 4.78 is 30.5. The molecule has 1 aromatic heterocycles. The molecular formula is C25H27N3O5S. The quantitative estimate of drug-likeness (QED) is 0.498. The van der Waals surface area contributed by atoms with Crippen LogP contribution in [-0.2, 0) is 9.84 Å². The van der Waals surface area contributed by atoms with Gasteiger partial charge in [0.25, 0.3) is 5.91 Å². The largest absolute Gasteiger partial charge is 0.507 e. The maximum absolute atomic E-state index is 13.6. The highest BCUT2D eigenvalue weighted by Crippen LogP contribution is 2.46. The van der Waals surface area contributed by atoms with Gasteiger partial charge >= 0.3 is 0 Å². The van der Waals surface area contributed by atoms with Gasteiger partial charge in [-0.1, -0.05) is 37.6 Å². The average Bonchev–Trinajstić information content (AvgIpc) is 3.48. The van der Waals surface area contributed by atoms with Gasteiger partial charge in [-0.3, -0.25) is 9.89 Å². The van der Waals surface area contributed by atoms with Crippen molar-refractivity contribution in [1.29, 1.82) is 0 Å². The number of aromatic nitrogens is 2. The summed E-state index contributed by atoms with van der Waals surface area (Å²) in [5.74, 6) is 0.465. The standard InChI is InChI=1S/C25H27N3O5S/c1-2-3-12-33-18-8-6-7-16(14-18)24-21-22(19-9-4-5-10-20(19)29)26-27-23(21)25(30)28(24)17-11-13-34(31,32)15-17/h4-10,14,17,24,29H,2-3,11-13,15H2,1H3,(H,26,27). The summed E-state index contributed by atoms with van der Waals surface area (Å²) >= 11 is 0. The predicted octanol–water partition coefficient (Wildman–Crippen LogP) is 3.69. The molecule has 2 aliphatic rings. The smallest absolute Gasteiger partial charge is 0.273 e. The van der Waals surface area contributed by atoms with Crippen LogP contribution in [0.4, 0.5) is 0 Å². The maximum atomic E-state index is 13.6. The zero-order valence-corrected chi connectivity index (χ0v) is 19.7. The molecular weight excluding hydrogens is 454 g/mol. The van der Waals surface area contributed by atoms with Crippen molar-refractivity contribution in [2.45, 2.75) is 38.3 Å². The molecule has 3 aromatic rings. The van der Waals surface area contributed by atoms with Crippen LogP contribution in [0.3, 0.4) is 0 Å². The van der Waals surface area contributed by atoms with E-state index >= 15 is 0 Å². The van der Waals surface area contributed by atoms with Crippen LogP contribution in [0.5, 0.6) is 11.5 Å². The van der Waals surface area contributed by atoms with Crippen LogP contribution in [0.1, 0.15) is 53.8 Å². The number of para-hydroxylation sites is 1. The Morgan fingerprint density at radius 2 is 2.03 bits per heavy atom. The van der Waals surface area contributed by atoms with E-state index < -0.39 is 21.9 Å². The summed E-state index contributed by atoms with van der Waals surface area (Å²) in [5, 5.41) is 17.7. The first-order chi connectivity index (χ1) is 16.4. The number of carbonyl (C=O) groups is 1. The van der Waals surface area contributed by atoms with E-state index in [0.29, 0.717) is 41.3 Å². The number of phenolic OH excluding ortho intramolecular Hbond substituents is 1. The fourth-order valence-electron chi connectivity index (χ4n) is 4.85. The van der Waals surface area contributed by atoms with Crippen molar-refractivity contribution in [2.75, 3.05) is 18.1 Å². The van der Waals surface area contributed by atoms with Crippen LogP contribution in [0, 0.1) is 0 Å². The number of aromatic amines is 1. The highest BCUT2D eigenvalue weighted by molar-refractivity contribution is 7.91. The molecule has 0 radical (unpaired) electrons. The number of amides is 1. The van der Waals surface area contributed by atoms with Crippen molar-refractivity contribution in [1.82, 2.24) is 15.1 Å². The van der Waals surface area contributed by atoms with Crippen LogP contribution in [0.2, 0.25) is 0 Å². The van der Waals surface area contributed by atoms with Gasteiger partial charge < -0.3 is 14.7 Å². The zero-order chi connectivity index (χ0) is 23.9. The normalized spacial score (nSPS) is 21.1. The van der Waals surface area contributed by atoms with Gasteiger partial charge in [0.05, 0.1) is 24.2 Å². The average molecular weight is 482 g/mol. The number of hydrogen-bond donors (Lipinski definition) is 2. The molecule has 9 heteroatoms. The van der Waals surface area contributed by atoms with Gasteiger partial charge in [0.2, 0.25) is 0 Å². The van der Waals surface area contributed by atoms with Crippen LogP contribution < -0.4 is 4.74 Å². The third-order valence-electron chi connectivity index (χ3n) is 6.51. The van der Waals surface area contributed by atoms with Gasteiger partial charge in [0, 0.05) is 17.2 Å². The molecule has 1 amide bonds. The van der Waals surface area contributed by atoms with Crippen LogP contribution >= 0.6 is 0 Å². The molecule has 2 unspecified atom stereocenters. The summed E-state index contributed by atoms with van der Waals surface area (Å²) in [6, 6.07) is 13.4. The lowest BCUT2D eigenvalue weighted by Gasteiger charge is -2.31. The van der Waals surface area contributed by atoms with Gasteiger partial charge in [0.1, 0.15) is 22.9 Å². The Hall–Kier alpha value is -3.33. The molecule has 1 fully saturated rings. The van der Waals surface area contributed by atoms with Gasteiger partial charge in [-0.25, -0.2) is 8.42 Å². The van der Waals surface area contributed by atoms with E-state index in [-0.39, 0.29) is 23.2 Å². The monoisotopic (exact) mass is 481 g/mol. The minimum atomic E-state index is -3.21. The van der Waals surface area contributed by atoms with E-state index in [0.717, 1.165) is 18.4 Å². The lowest BCUT2D eigenvalue weighted by molar-refractivity contribution is 0.0677. The Balaban J connectivity index is 1.63. The molecule has 2 aliphatic heterocycles. The topological polar surface area (TPSA) is 113 Å². The SMILES string of the molecule is CCCCOc1cccc(C2c3c(-c4ccccc4O)n[nH]c3C(=O)N2C2CCS(=O)(=O)C2)c1. The maximum Gasteiger partial charge on any atom is 0.273 e. The Bertz CT molecular complexity index is 1330. The number of H-pyrrole nitrogens is 1. The first-order valence-electron chi connectivity index (χ1n) is 11.5. The van der Waals surface area contributed by atoms with E-state index in [2.05, 4.69) is 17.1 Å². The molecule has 34 heavy (non-hydrogen) atoms. The van der Waals surface area contributed by atoms with Gasteiger partial charge in [-0.05, 0) is 42.7 Å². The second-order valence-electron chi connectivity index (χ2n) is 8.82. The van der Waals surface area contributed by atoms with E-state index in [1.807, 2.05) is 24.3 Å². The van der Waals surface area contributed by atoms with E-state index in [4.69, 9.17) is 4.74 Å². The lowest BCUT2D eigenvalue weighted by atomic mass is 9.95. The number of fused-ring (bicyclic) bond motifs is 1. The van der Waals surface area contributed by atoms with Crippen LogP contribution in [0.15, 0.2) is 48.5 Å². The number of nitrogens with one attached hydrogen (secondary N) is 1. The van der Waals surface area contributed by atoms with Gasteiger partial charge in [-0.2, -0.15) is 5.10 Å². The highest BCUT2D eigenvalue weighted by Gasteiger charge is 2.48. The molecule has 0 aliphatic carbocycles. The van der Waals surface area contributed by atoms with E-state index in [1.54, 1.807) is 29.2 Å². The number of unbranched alkanes of at least 4 members (excludes halogenated alkanes) is 1. The molecule has 0 saturated carbocycles. The molecule has 5 rings (SSSR count). The lowest BCUT2D eigenvalue weighted by Crippen LogP contribution is -2.40. The molecule has 2 N–H and O–H groups in total. The second kappa shape index (κ2) is 8.79. The van der Waals surface area contributed by atoms with E-state index in [1.165, 1.54) is 0 Å². The van der Waals surface area contributed by atoms with Crippen molar-refractivity contribution < 1.29 is 23.1 Å². The van der Waals surface area contributed by atoms with Crippen molar-refractivity contribution in [2.24, 2.45) is 0 Å². The van der Waals surface area contributed by atoms with Crippen LogP contribution in [0.25, 0.3) is 11.3 Å². The molecule has 3 heterocycles. The second-order valence-corrected chi connectivity index (χ2v) is 11.1. The van der Waals surface area contributed by atoms with E-state index in [9.17, 15) is 18.3 Å². The fraction of sp³-hybridized carbons (Fsp3) is 0.360. The predicted molar refractivity (Wildman–Crippen MR) is 128 cm³/mol. The first-order valence-corrected chi connectivity index (χ1v) is 13.3. The minimum absolute atomic E-state index is 0.0570. The molecule has 178 valence electrons. The third kappa shape index (κ3) is 3.94. The molecule has 1 saturated heterocycles. The number of carbonyl (C=O) groups excluding carboxylic acids is 1. The number of hydrogen-bond acceptors (Lipinski definition) is 6. The highest BCUT2D eigenvalue weighted by atomic mass is 32.2. The number of ether oxygens (including phenoxy) is 1. The van der Waals surface area contributed by atoms with Crippen molar-refractivity contribution in [3.8, 4) is 22.8 Å². The Morgan fingerprint density at radius 1 is 1.21 bits per heavy atom. The van der Waals surface area contributed by atoms with Crippen molar-refractivity contribution >= 4 is 15.7 Å². The Morgan fingerprint density at radius 3 is 2.76 bits per heavy atom. The van der Waals surface area contributed by atoms with Crippen LogP contribution in [-0.4, -0.2) is 58.7 Å².